The topological polar surface area (TPSA) is 38.8 Å². The highest BCUT2D eigenvalue weighted by molar-refractivity contribution is 5.69. The summed E-state index contributed by atoms with van der Waals surface area (Å²) < 4.78 is 12.3. The molecule has 5 saturated carbocycles. The number of esters is 1. The lowest BCUT2D eigenvalue weighted by atomic mass is 9.43. The third kappa shape index (κ3) is 1.88. The normalized spacial score (nSPS) is 58.7. The molecular weight excluding hydrogens is 384 g/mol. The predicted molar refractivity (Wildman–Crippen MR) is 121 cm³/mol. The van der Waals surface area contributed by atoms with E-state index in [4.69, 9.17) is 9.47 Å². The van der Waals surface area contributed by atoms with Crippen LogP contribution in [0.5, 0.6) is 0 Å². The molecule has 0 radical (unpaired) electrons. The van der Waals surface area contributed by atoms with Crippen molar-refractivity contribution < 1.29 is 14.3 Å². The number of epoxide rings is 1. The van der Waals surface area contributed by atoms with Gasteiger partial charge in [0, 0.05) is 17.3 Å². The average molecular weight is 429 g/mol. The lowest BCUT2D eigenvalue weighted by molar-refractivity contribution is -0.144. The van der Waals surface area contributed by atoms with E-state index < -0.39 is 0 Å². The number of carbonyl (C=O) groups excluding carboxylic acids is 1. The molecule has 1 heterocycles. The molecule has 1 aliphatic heterocycles. The predicted octanol–water partition coefficient (Wildman–Crippen LogP) is 6.54. The zero-order valence-corrected chi connectivity index (χ0v) is 21.0. The van der Waals surface area contributed by atoms with Gasteiger partial charge in [0.2, 0.25) is 0 Å². The Morgan fingerprint density at radius 1 is 1.00 bits per heavy atom. The molecule has 0 aromatic carbocycles. The van der Waals surface area contributed by atoms with Gasteiger partial charge in [0.15, 0.2) is 0 Å². The summed E-state index contributed by atoms with van der Waals surface area (Å²) in [5.74, 6) is 1.99. The molecule has 0 amide bonds. The van der Waals surface area contributed by atoms with Crippen LogP contribution in [0.2, 0.25) is 0 Å². The summed E-state index contributed by atoms with van der Waals surface area (Å²) in [6.07, 6.45) is 12.5. The van der Waals surface area contributed by atoms with Gasteiger partial charge in [-0.2, -0.15) is 0 Å². The Hall–Kier alpha value is -0.570. The summed E-state index contributed by atoms with van der Waals surface area (Å²) in [6.45, 7) is 15.0. The van der Waals surface area contributed by atoms with Gasteiger partial charge in [-0.3, -0.25) is 4.79 Å². The molecule has 6 aliphatic rings. The minimum atomic E-state index is -0.0582. The summed E-state index contributed by atoms with van der Waals surface area (Å²) >= 11 is 0. The Kier molecular flexibility index (Phi) is 3.76. The fraction of sp³-hybridized carbons (Fsp3) is 0.964. The number of ether oxygens (including phenoxy) is 2. The Bertz CT molecular complexity index is 849. The summed E-state index contributed by atoms with van der Waals surface area (Å²) in [4.78, 5) is 12.2. The van der Waals surface area contributed by atoms with Crippen LogP contribution in [0.4, 0.5) is 0 Å². The molecule has 1 saturated heterocycles. The van der Waals surface area contributed by atoms with Gasteiger partial charge >= 0.3 is 5.97 Å². The molecule has 31 heavy (non-hydrogen) atoms. The quantitative estimate of drug-likeness (QED) is 0.378. The molecule has 174 valence electrons. The number of hydrogen-bond acceptors (Lipinski definition) is 3. The van der Waals surface area contributed by atoms with Gasteiger partial charge in [0.25, 0.3) is 0 Å². The first-order chi connectivity index (χ1) is 14.4. The third-order valence-electron chi connectivity index (χ3n) is 13.8. The molecule has 0 bridgehead atoms. The number of rotatable bonds is 3. The van der Waals surface area contributed by atoms with E-state index in [9.17, 15) is 4.79 Å². The van der Waals surface area contributed by atoms with E-state index in [2.05, 4.69) is 41.5 Å². The molecule has 5 aliphatic carbocycles. The Labute approximate surface area is 189 Å². The Morgan fingerprint density at radius 3 is 2.45 bits per heavy atom. The third-order valence-corrected chi connectivity index (χ3v) is 13.8. The van der Waals surface area contributed by atoms with Gasteiger partial charge < -0.3 is 9.47 Å². The van der Waals surface area contributed by atoms with E-state index in [1.807, 2.05) is 0 Å². The highest BCUT2D eigenvalue weighted by Gasteiger charge is 2.97. The minimum absolute atomic E-state index is 0.0582. The van der Waals surface area contributed by atoms with E-state index in [1.54, 1.807) is 0 Å². The molecule has 2 unspecified atom stereocenters. The summed E-state index contributed by atoms with van der Waals surface area (Å²) in [6, 6.07) is 0. The SMILES string of the molecule is COC(=O)C[C@@H](C)[C@]1(C)CCC23OC24CC[C@H]2C(C)(C)[C@H](C)CC[C@@]25C[C@@]45CC[C@@]31C. The van der Waals surface area contributed by atoms with Gasteiger partial charge in [-0.25, -0.2) is 0 Å². The zero-order chi connectivity index (χ0) is 22.3. The van der Waals surface area contributed by atoms with Crippen LogP contribution in [-0.2, 0) is 14.3 Å². The second kappa shape index (κ2) is 5.56. The van der Waals surface area contributed by atoms with Crippen molar-refractivity contribution in [3.63, 3.8) is 0 Å². The molecule has 4 spiro atoms. The smallest absolute Gasteiger partial charge is 0.305 e. The monoisotopic (exact) mass is 428 g/mol. The molecule has 0 N–H and O–H groups in total. The van der Waals surface area contributed by atoms with Gasteiger partial charge in [-0.15, -0.1) is 0 Å². The fourth-order valence-corrected chi connectivity index (χ4v) is 11.2. The van der Waals surface area contributed by atoms with Crippen LogP contribution >= 0.6 is 0 Å². The molecule has 3 heteroatoms. The molecule has 6 fully saturated rings. The van der Waals surface area contributed by atoms with E-state index in [0.29, 0.717) is 28.6 Å². The maximum Gasteiger partial charge on any atom is 0.305 e. The highest BCUT2D eigenvalue weighted by Crippen LogP contribution is 2.95. The second-order valence-electron chi connectivity index (χ2n) is 14.0. The maximum atomic E-state index is 12.2. The first kappa shape index (κ1) is 21.0. The zero-order valence-electron chi connectivity index (χ0n) is 21.0. The van der Waals surface area contributed by atoms with E-state index in [1.165, 1.54) is 64.9 Å². The largest absolute Gasteiger partial charge is 0.469 e. The average Bonchev–Trinajstić information content (AvgIpc) is 3.58. The molecule has 0 aromatic rings. The number of hydrogen-bond donors (Lipinski definition) is 0. The van der Waals surface area contributed by atoms with Crippen molar-refractivity contribution in [2.75, 3.05) is 7.11 Å². The molecule has 0 aromatic heterocycles. The van der Waals surface area contributed by atoms with E-state index >= 15 is 0 Å². The van der Waals surface area contributed by atoms with Crippen LogP contribution in [0.15, 0.2) is 0 Å². The van der Waals surface area contributed by atoms with Gasteiger partial charge in [-0.05, 0) is 91.8 Å². The van der Waals surface area contributed by atoms with Gasteiger partial charge in [-0.1, -0.05) is 41.5 Å². The van der Waals surface area contributed by atoms with E-state index in [0.717, 1.165) is 11.8 Å². The van der Waals surface area contributed by atoms with Crippen molar-refractivity contribution in [1.82, 2.24) is 0 Å². The number of methoxy groups -OCH3 is 1. The standard InChI is InChI=1S/C28H44O3/c1-18-8-10-25-17-26(25)14-13-24(6)23(5,19(2)16-21(29)30-7)12-15-27(24)28(26,31-27)11-9-20(25)22(18,3)4/h18-20H,8-17H2,1-7H3/t18-,19-,20+,23+,24-,25-,26-,27?,28?/m1/s1. The maximum absolute atomic E-state index is 12.2. The molecule has 6 rings (SSSR count). The molecule has 3 nitrogen and oxygen atoms in total. The van der Waals surface area contributed by atoms with Crippen LogP contribution in [0, 0.1) is 44.8 Å². The molecular formula is C28H44O3. The number of carbonyl (C=O) groups is 1. The summed E-state index contributed by atoms with van der Waals surface area (Å²) in [7, 11) is 1.52. The second-order valence-corrected chi connectivity index (χ2v) is 14.0. The fourth-order valence-electron chi connectivity index (χ4n) is 11.2. The van der Waals surface area contributed by atoms with E-state index in [-0.39, 0.29) is 28.0 Å². The minimum Gasteiger partial charge on any atom is -0.469 e. The van der Waals surface area contributed by atoms with Gasteiger partial charge in [0.05, 0.1) is 7.11 Å². The van der Waals surface area contributed by atoms with Crippen molar-refractivity contribution in [3.05, 3.63) is 0 Å². The molecule has 9 atom stereocenters. The van der Waals surface area contributed by atoms with Crippen LogP contribution in [-0.4, -0.2) is 24.3 Å². The first-order valence-electron chi connectivity index (χ1n) is 13.2. The summed E-state index contributed by atoms with van der Waals surface area (Å²) in [5, 5.41) is 0. The lowest BCUT2D eigenvalue weighted by Gasteiger charge is -2.58. The first-order valence-corrected chi connectivity index (χ1v) is 13.2. The van der Waals surface area contributed by atoms with Crippen molar-refractivity contribution in [3.8, 4) is 0 Å². The van der Waals surface area contributed by atoms with Crippen LogP contribution < -0.4 is 0 Å². The van der Waals surface area contributed by atoms with Crippen LogP contribution in [0.25, 0.3) is 0 Å². The summed E-state index contributed by atoms with van der Waals surface area (Å²) in [5.41, 5.74) is 2.01. The van der Waals surface area contributed by atoms with Crippen molar-refractivity contribution in [2.45, 2.75) is 117 Å². The van der Waals surface area contributed by atoms with Crippen molar-refractivity contribution in [1.29, 1.82) is 0 Å². The lowest BCUT2D eigenvalue weighted by Crippen LogP contribution is -2.59. The Morgan fingerprint density at radius 2 is 1.74 bits per heavy atom. The van der Waals surface area contributed by atoms with Crippen molar-refractivity contribution in [2.24, 2.45) is 44.8 Å². The van der Waals surface area contributed by atoms with Crippen LogP contribution in [0.3, 0.4) is 0 Å². The highest BCUT2D eigenvalue weighted by atomic mass is 16.6. The Balaban J connectivity index is 1.36. The van der Waals surface area contributed by atoms with Crippen molar-refractivity contribution >= 4 is 5.97 Å². The van der Waals surface area contributed by atoms with Gasteiger partial charge in [0.1, 0.15) is 11.2 Å². The van der Waals surface area contributed by atoms with Crippen LogP contribution in [0.1, 0.15) is 106 Å².